The maximum Gasteiger partial charge on any atom is 0.321 e. The molecule has 3 heterocycles. The van der Waals surface area contributed by atoms with Gasteiger partial charge in [0, 0.05) is 50.1 Å². The first-order valence-electron chi connectivity index (χ1n) is 9.15. The molecule has 136 valence electrons. The largest absolute Gasteiger partial charge is 0.338 e. The Bertz CT molecular complexity index is 844. The molecule has 0 fully saturated rings. The summed E-state index contributed by atoms with van der Waals surface area (Å²) in [5.74, 6) is 0.909. The molecule has 2 N–H and O–H groups in total. The number of nitrogens with one attached hydrogen (secondary N) is 2. The maximum atomic E-state index is 12.7. The zero-order chi connectivity index (χ0) is 18.1. The highest BCUT2D eigenvalue weighted by Gasteiger charge is 2.27. The number of carbonyl (C=O) groups excluding carboxylic acids is 2. The lowest BCUT2D eigenvalue weighted by Crippen LogP contribution is -2.38. The topological polar surface area (TPSA) is 79.3 Å². The van der Waals surface area contributed by atoms with Crippen LogP contribution in [-0.2, 0) is 24.2 Å². The third-order valence-corrected chi connectivity index (χ3v) is 5.14. The Balaban J connectivity index is 1.47. The molecule has 2 aliphatic rings. The van der Waals surface area contributed by atoms with Crippen LogP contribution in [0.15, 0.2) is 30.6 Å². The van der Waals surface area contributed by atoms with E-state index in [0.717, 1.165) is 42.1 Å². The standard InChI is InChI=1S/C19H23N5O2/c1-2-20-19(26)24-9-6-13-3-4-15(12-16(13)24)22-18(25)14-5-8-23-10-7-21-17(23)11-14/h3-4,7,10,12,14H,2,5-6,8-9,11H2,1H3,(H,20,26)(H,22,25)/t14-/m0/s1. The summed E-state index contributed by atoms with van der Waals surface area (Å²) in [6.07, 6.45) is 6.05. The highest BCUT2D eigenvalue weighted by Crippen LogP contribution is 2.31. The number of aryl methyl sites for hydroxylation is 1. The van der Waals surface area contributed by atoms with Gasteiger partial charge in [0.05, 0.1) is 5.69 Å². The monoisotopic (exact) mass is 353 g/mol. The fraction of sp³-hybridized carbons (Fsp3) is 0.421. The second-order valence-corrected chi connectivity index (χ2v) is 6.80. The van der Waals surface area contributed by atoms with Gasteiger partial charge in [0.1, 0.15) is 5.82 Å². The first-order valence-corrected chi connectivity index (χ1v) is 9.15. The summed E-state index contributed by atoms with van der Waals surface area (Å²) in [4.78, 5) is 30.9. The Morgan fingerprint density at radius 2 is 2.19 bits per heavy atom. The molecule has 0 saturated carbocycles. The second kappa shape index (κ2) is 6.82. The van der Waals surface area contributed by atoms with Crippen molar-refractivity contribution in [3.05, 3.63) is 42.0 Å². The van der Waals surface area contributed by atoms with Crippen molar-refractivity contribution in [3.8, 4) is 0 Å². The number of rotatable bonds is 3. The van der Waals surface area contributed by atoms with Gasteiger partial charge in [0.25, 0.3) is 0 Å². The van der Waals surface area contributed by atoms with Crippen molar-refractivity contribution in [2.24, 2.45) is 5.92 Å². The molecule has 7 nitrogen and oxygen atoms in total. The molecule has 0 bridgehead atoms. The van der Waals surface area contributed by atoms with Gasteiger partial charge in [-0.3, -0.25) is 9.69 Å². The Kier molecular flexibility index (Phi) is 4.36. The number of nitrogens with zero attached hydrogens (tertiary/aromatic N) is 3. The van der Waals surface area contributed by atoms with Gasteiger partial charge >= 0.3 is 6.03 Å². The van der Waals surface area contributed by atoms with Crippen LogP contribution >= 0.6 is 0 Å². The first-order chi connectivity index (χ1) is 12.7. The number of aromatic nitrogens is 2. The number of amides is 3. The molecule has 1 aromatic carbocycles. The van der Waals surface area contributed by atoms with Crippen LogP contribution in [0.4, 0.5) is 16.2 Å². The van der Waals surface area contributed by atoms with Gasteiger partial charge in [0.2, 0.25) is 5.91 Å². The van der Waals surface area contributed by atoms with Crippen LogP contribution < -0.4 is 15.5 Å². The molecule has 26 heavy (non-hydrogen) atoms. The molecule has 3 amide bonds. The summed E-state index contributed by atoms with van der Waals surface area (Å²) < 4.78 is 2.10. The highest BCUT2D eigenvalue weighted by molar-refractivity contribution is 5.97. The molecule has 0 aliphatic carbocycles. The van der Waals surface area contributed by atoms with Crippen molar-refractivity contribution in [2.45, 2.75) is 32.7 Å². The first kappa shape index (κ1) is 16.6. The van der Waals surface area contributed by atoms with Gasteiger partial charge in [-0.05, 0) is 37.5 Å². The Morgan fingerprint density at radius 1 is 1.31 bits per heavy atom. The molecule has 0 saturated heterocycles. The number of anilines is 2. The van der Waals surface area contributed by atoms with E-state index >= 15 is 0 Å². The molecule has 1 atom stereocenters. The Labute approximate surface area is 152 Å². The third-order valence-electron chi connectivity index (χ3n) is 5.14. The molecular formula is C19H23N5O2. The van der Waals surface area contributed by atoms with Crippen molar-refractivity contribution < 1.29 is 9.59 Å². The normalized spacial score (nSPS) is 18.2. The fourth-order valence-electron chi connectivity index (χ4n) is 3.73. The zero-order valence-electron chi connectivity index (χ0n) is 14.9. The minimum Gasteiger partial charge on any atom is -0.338 e. The molecule has 2 aromatic rings. The number of benzene rings is 1. The number of hydrogen-bond acceptors (Lipinski definition) is 3. The number of fused-ring (bicyclic) bond motifs is 2. The van der Waals surface area contributed by atoms with E-state index in [-0.39, 0.29) is 17.9 Å². The van der Waals surface area contributed by atoms with Crippen LogP contribution in [0.1, 0.15) is 24.7 Å². The fourth-order valence-corrected chi connectivity index (χ4v) is 3.73. The highest BCUT2D eigenvalue weighted by atomic mass is 16.2. The lowest BCUT2D eigenvalue weighted by atomic mass is 9.96. The van der Waals surface area contributed by atoms with Crippen molar-refractivity contribution in [3.63, 3.8) is 0 Å². The summed E-state index contributed by atoms with van der Waals surface area (Å²) in [6, 6.07) is 5.73. The molecule has 0 spiro atoms. The molecule has 2 aliphatic heterocycles. The Morgan fingerprint density at radius 3 is 3.04 bits per heavy atom. The van der Waals surface area contributed by atoms with Gasteiger partial charge < -0.3 is 15.2 Å². The van der Waals surface area contributed by atoms with E-state index in [0.29, 0.717) is 19.5 Å². The summed E-state index contributed by atoms with van der Waals surface area (Å²) in [6.45, 7) is 3.99. The van der Waals surface area contributed by atoms with Crippen molar-refractivity contribution in [1.29, 1.82) is 0 Å². The molecule has 0 radical (unpaired) electrons. The second-order valence-electron chi connectivity index (χ2n) is 6.80. The number of carbonyl (C=O) groups is 2. The molecule has 1 aromatic heterocycles. The van der Waals surface area contributed by atoms with Gasteiger partial charge in [0.15, 0.2) is 0 Å². The molecule has 4 rings (SSSR count). The van der Waals surface area contributed by atoms with E-state index in [9.17, 15) is 9.59 Å². The van der Waals surface area contributed by atoms with E-state index in [1.165, 1.54) is 0 Å². The lowest BCUT2D eigenvalue weighted by molar-refractivity contribution is -0.120. The van der Waals surface area contributed by atoms with E-state index in [4.69, 9.17) is 0 Å². The van der Waals surface area contributed by atoms with E-state index in [1.54, 1.807) is 11.1 Å². The molecule has 0 unspecified atom stereocenters. The number of hydrogen-bond donors (Lipinski definition) is 2. The van der Waals surface area contributed by atoms with Crippen molar-refractivity contribution >= 4 is 23.3 Å². The van der Waals surface area contributed by atoms with Crippen LogP contribution in [0.3, 0.4) is 0 Å². The summed E-state index contributed by atoms with van der Waals surface area (Å²) >= 11 is 0. The predicted molar refractivity (Wildman–Crippen MR) is 99.2 cm³/mol. The van der Waals surface area contributed by atoms with Crippen LogP contribution in [0.25, 0.3) is 0 Å². The molecular weight excluding hydrogens is 330 g/mol. The van der Waals surface area contributed by atoms with E-state index in [1.807, 2.05) is 31.3 Å². The predicted octanol–water partition coefficient (Wildman–Crippen LogP) is 2.18. The lowest BCUT2D eigenvalue weighted by Gasteiger charge is -2.23. The summed E-state index contributed by atoms with van der Waals surface area (Å²) in [5, 5.41) is 5.86. The third kappa shape index (κ3) is 3.05. The van der Waals surface area contributed by atoms with Crippen LogP contribution in [0, 0.1) is 5.92 Å². The minimum atomic E-state index is -0.0890. The van der Waals surface area contributed by atoms with Gasteiger partial charge in [-0.1, -0.05) is 6.07 Å². The SMILES string of the molecule is CCNC(=O)N1CCc2ccc(NC(=O)[C@H]3CCn4ccnc4C3)cc21. The average Bonchev–Trinajstić information content (AvgIpc) is 3.27. The van der Waals surface area contributed by atoms with Gasteiger partial charge in [-0.25, -0.2) is 9.78 Å². The summed E-state index contributed by atoms with van der Waals surface area (Å²) in [5.41, 5.74) is 2.75. The number of imidazole rings is 1. The molecule has 7 heteroatoms. The Hall–Kier alpha value is -2.83. The van der Waals surface area contributed by atoms with E-state index < -0.39 is 0 Å². The quantitative estimate of drug-likeness (QED) is 0.888. The zero-order valence-corrected chi connectivity index (χ0v) is 14.9. The van der Waals surface area contributed by atoms with Crippen LogP contribution in [-0.4, -0.2) is 34.6 Å². The van der Waals surface area contributed by atoms with Gasteiger partial charge in [-0.15, -0.1) is 0 Å². The number of urea groups is 1. The van der Waals surface area contributed by atoms with Crippen molar-refractivity contribution in [2.75, 3.05) is 23.3 Å². The smallest absolute Gasteiger partial charge is 0.321 e. The van der Waals surface area contributed by atoms with Crippen LogP contribution in [0.2, 0.25) is 0 Å². The maximum absolute atomic E-state index is 12.7. The van der Waals surface area contributed by atoms with Crippen molar-refractivity contribution in [1.82, 2.24) is 14.9 Å². The minimum absolute atomic E-state index is 0.0155. The van der Waals surface area contributed by atoms with E-state index in [2.05, 4.69) is 20.2 Å². The van der Waals surface area contributed by atoms with Gasteiger partial charge in [-0.2, -0.15) is 0 Å². The summed E-state index contributed by atoms with van der Waals surface area (Å²) in [7, 11) is 0. The average molecular weight is 353 g/mol. The van der Waals surface area contributed by atoms with Crippen LogP contribution in [0.5, 0.6) is 0 Å².